The zero-order chi connectivity index (χ0) is 24.2. The Kier molecular flexibility index (Phi) is 6.98. The third kappa shape index (κ3) is 5.12. The standard InChI is InChI=1S/C26H22FNO5S/c1-16(2)33-24(29)14-28-25(30)23(34-26(28)31)13-20-19-9-5-3-7-17(19)11-12-22(20)32-15-18-8-4-6-10-21(18)27/h3-13,16H,14-15H2,1-2H3/b23-13-. The number of halogens is 1. The fraction of sp³-hybridized carbons (Fsp3) is 0.192. The molecular weight excluding hydrogens is 457 g/mol. The Bertz CT molecular complexity index is 1300. The second-order valence-electron chi connectivity index (χ2n) is 7.89. The number of benzene rings is 3. The molecule has 3 aromatic rings. The number of fused-ring (bicyclic) bond motifs is 1. The molecule has 0 spiro atoms. The Hall–Kier alpha value is -3.65. The first-order chi connectivity index (χ1) is 16.3. The number of esters is 1. The van der Waals surface area contributed by atoms with Crippen molar-refractivity contribution in [1.29, 1.82) is 0 Å². The van der Waals surface area contributed by atoms with Crippen molar-refractivity contribution in [3.63, 3.8) is 0 Å². The predicted molar refractivity (Wildman–Crippen MR) is 129 cm³/mol. The van der Waals surface area contributed by atoms with Crippen molar-refractivity contribution >= 4 is 45.7 Å². The highest BCUT2D eigenvalue weighted by atomic mass is 32.2. The molecule has 34 heavy (non-hydrogen) atoms. The Morgan fingerprint density at radius 2 is 1.79 bits per heavy atom. The molecule has 0 unspecified atom stereocenters. The lowest BCUT2D eigenvalue weighted by Gasteiger charge is -2.14. The van der Waals surface area contributed by atoms with Gasteiger partial charge in [0.1, 0.15) is 24.7 Å². The van der Waals surface area contributed by atoms with E-state index in [9.17, 15) is 18.8 Å². The van der Waals surface area contributed by atoms with Gasteiger partial charge in [-0.25, -0.2) is 4.39 Å². The summed E-state index contributed by atoms with van der Waals surface area (Å²) in [7, 11) is 0. The van der Waals surface area contributed by atoms with Crippen LogP contribution in [0.3, 0.4) is 0 Å². The van der Waals surface area contributed by atoms with Gasteiger partial charge in [-0.2, -0.15) is 0 Å². The molecule has 1 saturated heterocycles. The molecule has 1 heterocycles. The fourth-order valence-corrected chi connectivity index (χ4v) is 4.34. The average molecular weight is 480 g/mol. The molecule has 0 radical (unpaired) electrons. The first kappa shape index (κ1) is 23.5. The van der Waals surface area contributed by atoms with E-state index in [0.717, 1.165) is 27.4 Å². The van der Waals surface area contributed by atoms with Crippen LogP contribution in [0, 0.1) is 5.82 Å². The summed E-state index contributed by atoms with van der Waals surface area (Å²) in [5.41, 5.74) is 0.982. The first-order valence-electron chi connectivity index (χ1n) is 10.7. The summed E-state index contributed by atoms with van der Waals surface area (Å²) in [5, 5.41) is 1.16. The summed E-state index contributed by atoms with van der Waals surface area (Å²) in [4.78, 5) is 38.4. The van der Waals surface area contributed by atoms with Crippen molar-refractivity contribution in [3.8, 4) is 5.75 Å². The number of imide groups is 1. The van der Waals surface area contributed by atoms with Crippen molar-refractivity contribution in [2.75, 3.05) is 6.54 Å². The first-order valence-corrected chi connectivity index (χ1v) is 11.5. The highest BCUT2D eigenvalue weighted by Gasteiger charge is 2.37. The van der Waals surface area contributed by atoms with Gasteiger partial charge in [0, 0.05) is 11.1 Å². The SMILES string of the molecule is CC(C)OC(=O)CN1C(=O)S/C(=C\c2c(OCc3ccccc3F)ccc3ccccc23)C1=O. The number of rotatable bonds is 7. The lowest BCUT2D eigenvalue weighted by atomic mass is 10.0. The summed E-state index contributed by atoms with van der Waals surface area (Å²) in [6.07, 6.45) is 1.23. The highest BCUT2D eigenvalue weighted by Crippen LogP contribution is 2.37. The lowest BCUT2D eigenvalue weighted by Crippen LogP contribution is -2.35. The van der Waals surface area contributed by atoms with Gasteiger partial charge in [0.2, 0.25) is 0 Å². The maximum Gasteiger partial charge on any atom is 0.326 e. The lowest BCUT2D eigenvalue weighted by molar-refractivity contribution is -0.149. The van der Waals surface area contributed by atoms with E-state index < -0.39 is 23.7 Å². The number of thioether (sulfide) groups is 1. The molecule has 1 aliphatic rings. The Morgan fingerprint density at radius 3 is 2.56 bits per heavy atom. The van der Waals surface area contributed by atoms with E-state index in [4.69, 9.17) is 9.47 Å². The number of ether oxygens (including phenoxy) is 2. The van der Waals surface area contributed by atoms with Crippen molar-refractivity contribution in [1.82, 2.24) is 4.90 Å². The number of hydrogen-bond donors (Lipinski definition) is 0. The molecule has 6 nitrogen and oxygen atoms in total. The van der Waals surface area contributed by atoms with E-state index in [0.29, 0.717) is 16.9 Å². The molecule has 0 aliphatic carbocycles. The van der Waals surface area contributed by atoms with E-state index in [-0.39, 0.29) is 23.4 Å². The van der Waals surface area contributed by atoms with Crippen LogP contribution in [0.15, 0.2) is 65.6 Å². The summed E-state index contributed by atoms with van der Waals surface area (Å²) in [6, 6.07) is 17.5. The van der Waals surface area contributed by atoms with Crippen LogP contribution in [0.2, 0.25) is 0 Å². The number of amides is 2. The fourth-order valence-electron chi connectivity index (χ4n) is 3.52. The van der Waals surface area contributed by atoms with Gasteiger partial charge in [-0.3, -0.25) is 19.3 Å². The van der Waals surface area contributed by atoms with E-state index in [1.807, 2.05) is 30.3 Å². The molecule has 8 heteroatoms. The summed E-state index contributed by atoms with van der Waals surface area (Å²) in [5.74, 6) is -1.17. The highest BCUT2D eigenvalue weighted by molar-refractivity contribution is 8.18. The van der Waals surface area contributed by atoms with Crippen LogP contribution in [-0.4, -0.2) is 34.7 Å². The monoisotopic (exact) mass is 479 g/mol. The zero-order valence-electron chi connectivity index (χ0n) is 18.6. The van der Waals surface area contributed by atoms with Crippen molar-refractivity contribution in [2.45, 2.75) is 26.6 Å². The van der Waals surface area contributed by atoms with Crippen LogP contribution in [0.1, 0.15) is 25.0 Å². The third-order valence-electron chi connectivity index (χ3n) is 5.08. The van der Waals surface area contributed by atoms with Gasteiger partial charge in [0.25, 0.3) is 11.1 Å². The van der Waals surface area contributed by atoms with Gasteiger partial charge in [0.15, 0.2) is 0 Å². The van der Waals surface area contributed by atoms with Crippen LogP contribution in [0.4, 0.5) is 9.18 Å². The molecule has 2 amide bonds. The summed E-state index contributed by atoms with van der Waals surface area (Å²) >= 11 is 0.747. The van der Waals surface area contributed by atoms with E-state index in [2.05, 4.69) is 0 Å². The summed E-state index contributed by atoms with van der Waals surface area (Å²) in [6.45, 7) is 2.92. The molecule has 0 aromatic heterocycles. The predicted octanol–water partition coefficient (Wildman–Crippen LogP) is 5.55. The van der Waals surface area contributed by atoms with Gasteiger partial charge >= 0.3 is 5.97 Å². The molecule has 174 valence electrons. The molecule has 0 saturated carbocycles. The van der Waals surface area contributed by atoms with Crippen LogP contribution >= 0.6 is 11.8 Å². The molecule has 1 fully saturated rings. The molecule has 4 rings (SSSR count). The quantitative estimate of drug-likeness (QED) is 0.327. The van der Waals surface area contributed by atoms with Crippen molar-refractivity contribution < 1.29 is 28.2 Å². The van der Waals surface area contributed by atoms with Gasteiger partial charge in [0.05, 0.1) is 11.0 Å². The van der Waals surface area contributed by atoms with Crippen molar-refractivity contribution in [2.24, 2.45) is 0 Å². The molecule has 0 atom stereocenters. The largest absolute Gasteiger partial charge is 0.488 e. The van der Waals surface area contributed by atoms with Gasteiger partial charge in [-0.1, -0.05) is 48.5 Å². The number of carbonyl (C=O) groups is 3. The number of hydrogen-bond acceptors (Lipinski definition) is 6. The number of nitrogens with zero attached hydrogens (tertiary/aromatic N) is 1. The van der Waals surface area contributed by atoms with Gasteiger partial charge < -0.3 is 9.47 Å². The molecule has 0 N–H and O–H groups in total. The van der Waals surface area contributed by atoms with Crippen LogP contribution in [0.5, 0.6) is 5.75 Å². The Labute approximate surface area is 200 Å². The topological polar surface area (TPSA) is 72.9 Å². The second-order valence-corrected chi connectivity index (χ2v) is 8.88. The van der Waals surface area contributed by atoms with E-state index in [1.165, 1.54) is 6.07 Å². The Balaban J connectivity index is 1.66. The molecule has 1 aliphatic heterocycles. The minimum absolute atomic E-state index is 0.00558. The normalized spacial score (nSPS) is 14.9. The van der Waals surface area contributed by atoms with Gasteiger partial charge in [-0.15, -0.1) is 0 Å². The van der Waals surface area contributed by atoms with Crippen LogP contribution in [0.25, 0.3) is 16.8 Å². The van der Waals surface area contributed by atoms with E-state index >= 15 is 0 Å². The van der Waals surface area contributed by atoms with Crippen molar-refractivity contribution in [3.05, 3.63) is 82.5 Å². The maximum atomic E-state index is 14.1. The smallest absolute Gasteiger partial charge is 0.326 e. The molecular formula is C26H22FNO5S. The molecule has 0 bridgehead atoms. The minimum Gasteiger partial charge on any atom is -0.488 e. The summed E-state index contributed by atoms with van der Waals surface area (Å²) < 4.78 is 25.1. The third-order valence-corrected chi connectivity index (χ3v) is 5.98. The van der Waals surface area contributed by atoms with Crippen LogP contribution in [-0.2, 0) is 20.9 Å². The minimum atomic E-state index is -0.655. The average Bonchev–Trinajstić information content (AvgIpc) is 3.06. The van der Waals surface area contributed by atoms with Crippen LogP contribution < -0.4 is 4.74 Å². The zero-order valence-corrected chi connectivity index (χ0v) is 19.4. The number of carbonyl (C=O) groups excluding carboxylic acids is 3. The Morgan fingerprint density at radius 1 is 1.06 bits per heavy atom. The second kappa shape index (κ2) is 10.1. The van der Waals surface area contributed by atoms with Gasteiger partial charge in [-0.05, 0) is 54.6 Å². The molecule has 3 aromatic carbocycles. The van der Waals surface area contributed by atoms with E-state index in [1.54, 1.807) is 44.2 Å². The maximum absolute atomic E-state index is 14.1.